The average molecular weight is 362 g/mol. The molecule has 1 aromatic rings. The van der Waals surface area contributed by atoms with Crippen molar-refractivity contribution in [2.75, 3.05) is 58.4 Å². The summed E-state index contributed by atoms with van der Waals surface area (Å²) in [5.41, 5.74) is 0.873. The van der Waals surface area contributed by atoms with Crippen molar-refractivity contribution in [3.8, 4) is 11.5 Å². The number of hydrogen-bond donors (Lipinski definition) is 0. The number of piperidine rings is 1. The van der Waals surface area contributed by atoms with Crippen molar-refractivity contribution in [2.24, 2.45) is 0 Å². The summed E-state index contributed by atoms with van der Waals surface area (Å²) in [7, 11) is 3.65. The van der Waals surface area contributed by atoms with Gasteiger partial charge in [-0.3, -0.25) is 15.0 Å². The van der Waals surface area contributed by atoms with Crippen LogP contribution in [0, 0.1) is 10.1 Å². The number of hydrogen-bond acceptors (Lipinski definition) is 7. The highest BCUT2D eigenvalue weighted by Gasteiger charge is 2.37. The number of likely N-dealkylation sites (N-methyl/N-ethyl adjacent to an activating group) is 1. The Kier molecular flexibility index (Phi) is 4.62. The van der Waals surface area contributed by atoms with E-state index < -0.39 is 4.92 Å². The molecule has 0 bridgehead atoms. The summed E-state index contributed by atoms with van der Waals surface area (Å²) in [5.74, 6) is 0.881. The van der Waals surface area contributed by atoms with Gasteiger partial charge in [-0.2, -0.15) is 0 Å². The van der Waals surface area contributed by atoms with Crippen LogP contribution in [0.3, 0.4) is 0 Å². The van der Waals surface area contributed by atoms with E-state index in [9.17, 15) is 10.1 Å². The minimum Gasteiger partial charge on any atom is -0.490 e. The number of nitrogens with zero attached hydrogens (tertiary/aromatic N) is 4. The van der Waals surface area contributed by atoms with E-state index in [2.05, 4.69) is 21.7 Å². The molecule has 0 aliphatic carbocycles. The molecule has 0 saturated carbocycles. The number of piperazine rings is 1. The first kappa shape index (κ1) is 17.4. The standard InChI is InChI=1S/C18H26N4O4/c1-19-5-7-20(8-6-19)13-3-4-21-14(9-13)12-26-18-11-16(22(23)24)17(25-2)10-15(18)21/h10-11,13-14H,3-9,12H2,1-2H3/t13-,14+/m0/s1. The van der Waals surface area contributed by atoms with Crippen molar-refractivity contribution in [3.05, 3.63) is 22.2 Å². The number of methoxy groups -OCH3 is 1. The van der Waals surface area contributed by atoms with E-state index in [0.717, 1.165) is 51.3 Å². The van der Waals surface area contributed by atoms with Crippen LogP contribution in [0.2, 0.25) is 0 Å². The Balaban J connectivity index is 1.52. The molecule has 4 rings (SSSR count). The van der Waals surface area contributed by atoms with Gasteiger partial charge in [-0.25, -0.2) is 0 Å². The Morgan fingerprint density at radius 2 is 1.96 bits per heavy atom. The van der Waals surface area contributed by atoms with Gasteiger partial charge in [0.1, 0.15) is 12.4 Å². The van der Waals surface area contributed by atoms with Gasteiger partial charge >= 0.3 is 5.69 Å². The maximum atomic E-state index is 11.2. The van der Waals surface area contributed by atoms with E-state index in [0.29, 0.717) is 30.2 Å². The molecule has 3 aliphatic heterocycles. The Bertz CT molecular complexity index is 690. The molecule has 2 atom stereocenters. The smallest absolute Gasteiger partial charge is 0.314 e. The fourth-order valence-corrected chi connectivity index (χ4v) is 4.39. The topological polar surface area (TPSA) is 71.3 Å². The second-order valence-electron chi connectivity index (χ2n) is 7.42. The van der Waals surface area contributed by atoms with Gasteiger partial charge in [0.25, 0.3) is 0 Å². The third-order valence-corrected chi connectivity index (χ3v) is 5.94. The largest absolute Gasteiger partial charge is 0.490 e. The first-order valence-electron chi connectivity index (χ1n) is 9.25. The molecule has 2 fully saturated rings. The zero-order valence-corrected chi connectivity index (χ0v) is 15.4. The second kappa shape index (κ2) is 6.92. The second-order valence-corrected chi connectivity index (χ2v) is 7.42. The molecular weight excluding hydrogens is 336 g/mol. The summed E-state index contributed by atoms with van der Waals surface area (Å²) < 4.78 is 11.1. The molecule has 0 N–H and O–H groups in total. The van der Waals surface area contributed by atoms with E-state index in [4.69, 9.17) is 9.47 Å². The summed E-state index contributed by atoms with van der Waals surface area (Å²) in [6.07, 6.45) is 2.18. The van der Waals surface area contributed by atoms with E-state index in [-0.39, 0.29) is 5.69 Å². The summed E-state index contributed by atoms with van der Waals surface area (Å²) >= 11 is 0. The van der Waals surface area contributed by atoms with Crippen LogP contribution >= 0.6 is 0 Å². The average Bonchev–Trinajstić information content (AvgIpc) is 2.66. The van der Waals surface area contributed by atoms with Crippen LogP contribution < -0.4 is 14.4 Å². The molecule has 1 aromatic carbocycles. The molecule has 0 aromatic heterocycles. The predicted molar refractivity (Wildman–Crippen MR) is 98.4 cm³/mol. The summed E-state index contributed by atoms with van der Waals surface area (Å²) in [4.78, 5) is 18.2. The number of nitro groups is 1. The quantitative estimate of drug-likeness (QED) is 0.597. The maximum Gasteiger partial charge on any atom is 0.314 e. The van der Waals surface area contributed by atoms with Crippen LogP contribution in [-0.4, -0.2) is 80.3 Å². The summed E-state index contributed by atoms with van der Waals surface area (Å²) in [6, 6.07) is 4.16. The van der Waals surface area contributed by atoms with Crippen LogP contribution in [0.15, 0.2) is 12.1 Å². The lowest BCUT2D eigenvalue weighted by molar-refractivity contribution is -0.385. The fraction of sp³-hybridized carbons (Fsp3) is 0.667. The predicted octanol–water partition coefficient (Wildman–Crippen LogP) is 1.58. The van der Waals surface area contributed by atoms with Crippen LogP contribution in [-0.2, 0) is 0 Å². The van der Waals surface area contributed by atoms with Gasteiger partial charge in [-0.05, 0) is 19.9 Å². The zero-order chi connectivity index (χ0) is 18.3. The molecule has 2 saturated heterocycles. The highest BCUT2D eigenvalue weighted by molar-refractivity contribution is 5.69. The van der Waals surface area contributed by atoms with Gasteiger partial charge in [0.05, 0.1) is 29.8 Å². The minimum absolute atomic E-state index is 0.0444. The van der Waals surface area contributed by atoms with Gasteiger partial charge in [-0.15, -0.1) is 0 Å². The molecule has 8 heteroatoms. The molecule has 26 heavy (non-hydrogen) atoms. The van der Waals surface area contributed by atoms with Gasteiger partial charge < -0.3 is 19.3 Å². The Morgan fingerprint density at radius 1 is 1.19 bits per heavy atom. The van der Waals surface area contributed by atoms with Crippen LogP contribution in [0.4, 0.5) is 11.4 Å². The lowest BCUT2D eigenvalue weighted by atomic mass is 9.93. The summed E-state index contributed by atoms with van der Waals surface area (Å²) in [6.45, 7) is 6.05. The van der Waals surface area contributed by atoms with Crippen molar-refractivity contribution in [3.63, 3.8) is 0 Å². The Labute approximate surface area is 153 Å². The molecule has 3 aliphatic rings. The fourth-order valence-electron chi connectivity index (χ4n) is 4.39. The number of nitro benzene ring substituents is 1. The van der Waals surface area contributed by atoms with Crippen LogP contribution in [0.1, 0.15) is 12.8 Å². The third-order valence-electron chi connectivity index (χ3n) is 5.94. The number of benzene rings is 1. The van der Waals surface area contributed by atoms with E-state index in [1.165, 1.54) is 13.2 Å². The SMILES string of the molecule is COc1cc2c(cc1[N+](=O)[O-])OC[C@H]1C[C@@H](N3CCN(C)CC3)CCN21. The number of fused-ring (bicyclic) bond motifs is 3. The van der Waals surface area contributed by atoms with E-state index in [1.54, 1.807) is 6.07 Å². The van der Waals surface area contributed by atoms with Gasteiger partial charge in [0, 0.05) is 44.8 Å². The van der Waals surface area contributed by atoms with Crippen molar-refractivity contribution < 1.29 is 14.4 Å². The molecule has 3 heterocycles. The minimum atomic E-state index is -0.422. The van der Waals surface area contributed by atoms with Crippen molar-refractivity contribution >= 4 is 11.4 Å². The zero-order valence-electron chi connectivity index (χ0n) is 15.4. The van der Waals surface area contributed by atoms with Crippen LogP contribution in [0.5, 0.6) is 11.5 Å². The van der Waals surface area contributed by atoms with Crippen molar-refractivity contribution in [1.82, 2.24) is 9.80 Å². The first-order valence-corrected chi connectivity index (χ1v) is 9.25. The first-order chi connectivity index (χ1) is 12.6. The number of anilines is 1. The Morgan fingerprint density at radius 3 is 2.65 bits per heavy atom. The molecule has 0 amide bonds. The molecular formula is C18H26N4O4. The van der Waals surface area contributed by atoms with Crippen molar-refractivity contribution in [1.29, 1.82) is 0 Å². The Hall–Kier alpha value is -2.06. The molecule has 8 nitrogen and oxygen atoms in total. The molecule has 142 valence electrons. The monoisotopic (exact) mass is 362 g/mol. The number of rotatable bonds is 3. The molecule has 0 radical (unpaired) electrons. The highest BCUT2D eigenvalue weighted by Crippen LogP contribution is 2.44. The van der Waals surface area contributed by atoms with Gasteiger partial charge in [0.2, 0.25) is 0 Å². The van der Waals surface area contributed by atoms with Gasteiger partial charge in [-0.1, -0.05) is 0 Å². The van der Waals surface area contributed by atoms with Crippen molar-refractivity contribution in [2.45, 2.75) is 24.9 Å². The molecule has 0 unspecified atom stereocenters. The normalized spacial score (nSPS) is 26.6. The van der Waals surface area contributed by atoms with E-state index in [1.807, 2.05) is 0 Å². The lowest BCUT2D eigenvalue weighted by Gasteiger charge is -2.48. The van der Waals surface area contributed by atoms with Gasteiger partial charge in [0.15, 0.2) is 5.75 Å². The maximum absolute atomic E-state index is 11.2. The van der Waals surface area contributed by atoms with E-state index >= 15 is 0 Å². The molecule has 0 spiro atoms. The summed E-state index contributed by atoms with van der Waals surface area (Å²) in [5, 5.41) is 11.2. The lowest BCUT2D eigenvalue weighted by Crippen LogP contribution is -2.57. The third kappa shape index (κ3) is 3.07. The highest BCUT2D eigenvalue weighted by atomic mass is 16.6. The van der Waals surface area contributed by atoms with Crippen LogP contribution in [0.25, 0.3) is 0 Å². The number of ether oxygens (including phenoxy) is 2.